The summed E-state index contributed by atoms with van der Waals surface area (Å²) in [5.41, 5.74) is 2.92. The van der Waals surface area contributed by atoms with Gasteiger partial charge >= 0.3 is 0 Å². The molecule has 1 aliphatic carbocycles. The van der Waals surface area contributed by atoms with Crippen molar-refractivity contribution in [1.29, 1.82) is 0 Å². The van der Waals surface area contributed by atoms with Gasteiger partial charge in [0.25, 0.3) is 0 Å². The Morgan fingerprint density at radius 1 is 1.36 bits per heavy atom. The van der Waals surface area contributed by atoms with Gasteiger partial charge in [0.2, 0.25) is 0 Å². The van der Waals surface area contributed by atoms with E-state index >= 15 is 0 Å². The highest BCUT2D eigenvalue weighted by Crippen LogP contribution is 2.47. The second-order valence-corrected chi connectivity index (χ2v) is 7.84. The van der Waals surface area contributed by atoms with E-state index in [-0.39, 0.29) is 0 Å². The van der Waals surface area contributed by atoms with Crippen molar-refractivity contribution < 1.29 is 4.42 Å². The van der Waals surface area contributed by atoms with Crippen LogP contribution in [0.5, 0.6) is 0 Å². The van der Waals surface area contributed by atoms with Gasteiger partial charge < -0.3 is 9.32 Å². The predicted molar refractivity (Wildman–Crippen MR) is 93.8 cm³/mol. The zero-order valence-electron chi connectivity index (χ0n) is 14.3. The summed E-state index contributed by atoms with van der Waals surface area (Å²) >= 11 is 0. The van der Waals surface area contributed by atoms with Crippen LogP contribution in [-0.2, 0) is 12.8 Å². The van der Waals surface area contributed by atoms with Crippen LogP contribution in [0.4, 0.5) is 0 Å². The summed E-state index contributed by atoms with van der Waals surface area (Å²) in [6, 6.07) is 0. The maximum Gasteiger partial charge on any atom is 0.133 e. The number of nitrogens with zero attached hydrogens (tertiary/aromatic N) is 1. The van der Waals surface area contributed by atoms with Crippen LogP contribution in [0, 0.1) is 17.3 Å². The lowest BCUT2D eigenvalue weighted by molar-refractivity contribution is 0.0242. The van der Waals surface area contributed by atoms with Crippen LogP contribution in [0.15, 0.2) is 17.6 Å². The van der Waals surface area contributed by atoms with Gasteiger partial charge in [-0.1, -0.05) is 40.0 Å². The van der Waals surface area contributed by atoms with Crippen LogP contribution >= 0.6 is 0 Å². The van der Waals surface area contributed by atoms with Gasteiger partial charge in [-0.2, -0.15) is 0 Å². The van der Waals surface area contributed by atoms with E-state index in [2.05, 4.69) is 38.8 Å². The second kappa shape index (κ2) is 5.73. The van der Waals surface area contributed by atoms with E-state index in [9.17, 15) is 0 Å². The molecule has 120 valence electrons. The summed E-state index contributed by atoms with van der Waals surface area (Å²) in [4.78, 5) is 2.66. The zero-order chi connectivity index (χ0) is 15.9. The minimum absolute atomic E-state index is 0.361. The van der Waals surface area contributed by atoms with Gasteiger partial charge in [0.1, 0.15) is 11.5 Å². The van der Waals surface area contributed by atoms with E-state index in [1.54, 1.807) is 0 Å². The first-order valence-electron chi connectivity index (χ1n) is 8.58. The highest BCUT2D eigenvalue weighted by molar-refractivity contribution is 5.64. The van der Waals surface area contributed by atoms with Crippen molar-refractivity contribution in [2.75, 3.05) is 19.6 Å². The number of furan rings is 1. The van der Waals surface area contributed by atoms with E-state index < -0.39 is 0 Å². The quantitative estimate of drug-likeness (QED) is 0.804. The number of piperidine rings is 1. The molecule has 0 bridgehead atoms. The first kappa shape index (κ1) is 15.6. The lowest BCUT2D eigenvalue weighted by Crippen LogP contribution is -2.51. The fourth-order valence-corrected chi connectivity index (χ4v) is 4.54. The third kappa shape index (κ3) is 2.58. The van der Waals surface area contributed by atoms with Crippen LogP contribution in [-0.4, -0.2) is 24.5 Å². The van der Waals surface area contributed by atoms with Crippen LogP contribution < -0.4 is 0 Å². The van der Waals surface area contributed by atoms with Crippen molar-refractivity contribution in [1.82, 2.24) is 4.90 Å². The van der Waals surface area contributed by atoms with Gasteiger partial charge in [0.05, 0.1) is 0 Å². The molecule has 0 N–H and O–H groups in total. The van der Waals surface area contributed by atoms with Gasteiger partial charge in [0.15, 0.2) is 0 Å². The first-order chi connectivity index (χ1) is 10.5. The van der Waals surface area contributed by atoms with E-state index in [1.807, 2.05) is 12.2 Å². The molecular formula is C20H29NO. The van der Waals surface area contributed by atoms with Crippen molar-refractivity contribution >= 4 is 12.2 Å². The number of hydrogen-bond donors (Lipinski definition) is 0. The van der Waals surface area contributed by atoms with E-state index in [0.29, 0.717) is 5.41 Å². The maximum absolute atomic E-state index is 6.06. The van der Waals surface area contributed by atoms with Gasteiger partial charge in [-0.3, -0.25) is 0 Å². The summed E-state index contributed by atoms with van der Waals surface area (Å²) < 4.78 is 6.06. The summed E-state index contributed by atoms with van der Waals surface area (Å²) in [6.07, 6.45) is 7.25. The van der Waals surface area contributed by atoms with Crippen molar-refractivity contribution in [2.45, 2.75) is 40.0 Å². The Balaban J connectivity index is 1.89. The van der Waals surface area contributed by atoms with Crippen LogP contribution in [0.3, 0.4) is 0 Å². The summed E-state index contributed by atoms with van der Waals surface area (Å²) in [5.74, 6) is 3.57. The van der Waals surface area contributed by atoms with Gasteiger partial charge in [-0.05, 0) is 42.7 Å². The predicted octanol–water partition coefficient (Wildman–Crippen LogP) is 4.65. The highest BCUT2D eigenvalue weighted by Gasteiger charge is 2.44. The van der Waals surface area contributed by atoms with Gasteiger partial charge in [0, 0.05) is 30.6 Å². The minimum atomic E-state index is 0.361. The molecule has 2 unspecified atom stereocenters. The monoisotopic (exact) mass is 299 g/mol. The Morgan fingerprint density at radius 3 is 2.77 bits per heavy atom. The molecule has 2 heterocycles. The van der Waals surface area contributed by atoms with Crippen molar-refractivity contribution in [3.05, 3.63) is 35.8 Å². The summed E-state index contributed by atoms with van der Waals surface area (Å²) in [6.45, 7) is 18.6. The SMILES string of the molecule is C=Cc1oc2c(c1C=C)CC1(C)CN(CC(C)C)CCC1C2. The molecule has 2 nitrogen and oxygen atoms in total. The second-order valence-electron chi connectivity index (χ2n) is 7.84. The van der Waals surface area contributed by atoms with Crippen LogP contribution in [0.1, 0.15) is 49.8 Å². The average molecular weight is 299 g/mol. The molecule has 22 heavy (non-hydrogen) atoms. The Bertz CT molecular complexity index is 583. The molecule has 1 aliphatic heterocycles. The van der Waals surface area contributed by atoms with Gasteiger partial charge in [-0.25, -0.2) is 0 Å². The molecule has 0 radical (unpaired) electrons. The molecule has 0 spiro atoms. The third-order valence-corrected chi connectivity index (χ3v) is 5.55. The standard InChI is InChI=1S/C20H29NO/c1-6-16-17-11-20(5)13-21(12-14(3)4)9-8-15(20)10-19(17)22-18(16)7-2/h6-7,14-15H,1-2,8-13H2,3-5H3. The molecule has 0 aromatic carbocycles. The molecule has 0 saturated carbocycles. The Morgan fingerprint density at radius 2 is 2.14 bits per heavy atom. The fourth-order valence-electron chi connectivity index (χ4n) is 4.54. The van der Waals surface area contributed by atoms with E-state index in [0.717, 1.165) is 30.4 Å². The molecule has 1 aromatic rings. The molecule has 0 amide bonds. The number of likely N-dealkylation sites (tertiary alicyclic amines) is 1. The molecule has 1 fully saturated rings. The first-order valence-corrected chi connectivity index (χ1v) is 8.58. The van der Waals surface area contributed by atoms with Gasteiger partial charge in [-0.15, -0.1) is 0 Å². The van der Waals surface area contributed by atoms with E-state index in [1.165, 1.54) is 42.9 Å². The van der Waals surface area contributed by atoms with Crippen molar-refractivity contribution in [3.8, 4) is 0 Å². The smallest absolute Gasteiger partial charge is 0.133 e. The third-order valence-electron chi connectivity index (χ3n) is 5.55. The number of rotatable bonds is 4. The summed E-state index contributed by atoms with van der Waals surface area (Å²) in [5, 5.41) is 0. The average Bonchev–Trinajstić information content (AvgIpc) is 2.79. The Hall–Kier alpha value is -1.28. The lowest BCUT2D eigenvalue weighted by atomic mass is 9.63. The number of fused-ring (bicyclic) bond motifs is 2. The molecular weight excluding hydrogens is 270 g/mol. The van der Waals surface area contributed by atoms with E-state index in [4.69, 9.17) is 4.42 Å². The fraction of sp³-hybridized carbons (Fsp3) is 0.600. The van der Waals surface area contributed by atoms with Crippen LogP contribution in [0.25, 0.3) is 12.2 Å². The largest absolute Gasteiger partial charge is 0.461 e. The molecule has 1 aromatic heterocycles. The maximum atomic E-state index is 6.06. The Kier molecular flexibility index (Phi) is 4.07. The van der Waals surface area contributed by atoms with Crippen molar-refractivity contribution in [2.24, 2.45) is 17.3 Å². The lowest BCUT2D eigenvalue weighted by Gasteiger charge is -2.49. The molecule has 2 aliphatic rings. The zero-order valence-corrected chi connectivity index (χ0v) is 14.3. The highest BCUT2D eigenvalue weighted by atomic mass is 16.3. The van der Waals surface area contributed by atoms with Crippen LogP contribution in [0.2, 0.25) is 0 Å². The molecule has 3 rings (SSSR count). The number of hydrogen-bond acceptors (Lipinski definition) is 2. The molecule has 2 heteroatoms. The topological polar surface area (TPSA) is 16.4 Å². The minimum Gasteiger partial charge on any atom is -0.461 e. The molecule has 2 atom stereocenters. The molecule has 1 saturated heterocycles. The van der Waals surface area contributed by atoms with Crippen molar-refractivity contribution in [3.63, 3.8) is 0 Å². The Labute approximate surface area is 134 Å². The summed E-state index contributed by atoms with van der Waals surface area (Å²) in [7, 11) is 0. The normalized spacial score (nSPS) is 28.3.